The van der Waals surface area contributed by atoms with E-state index in [9.17, 15) is 26.7 Å². The van der Waals surface area contributed by atoms with Crippen LogP contribution in [0.2, 0.25) is 6.04 Å². The molecule has 1 aromatic carbocycles. The molecule has 0 saturated heterocycles. The van der Waals surface area contributed by atoms with Gasteiger partial charge in [0, 0.05) is 24.8 Å². The van der Waals surface area contributed by atoms with Gasteiger partial charge < -0.3 is 13.6 Å². The molecule has 0 radical (unpaired) electrons. The molecule has 0 spiro atoms. The van der Waals surface area contributed by atoms with Crippen molar-refractivity contribution in [3.8, 4) is 0 Å². The van der Waals surface area contributed by atoms with Crippen LogP contribution in [0.4, 0.5) is 22.0 Å². The molecule has 0 heterocycles. The Hall–Kier alpha value is -1.03. The number of halogens is 5. The van der Waals surface area contributed by atoms with Gasteiger partial charge in [0.2, 0.25) is 5.82 Å². The molecule has 0 aliphatic heterocycles. The third-order valence-corrected chi connectivity index (χ3v) is 5.09. The molecule has 1 N–H and O–H groups in total. The molecular formula is C12H15F5O3Si. The van der Waals surface area contributed by atoms with Crippen LogP contribution in [0.15, 0.2) is 0 Å². The molecule has 9 heteroatoms. The predicted molar refractivity (Wildman–Crippen MR) is 66.0 cm³/mol. The first kappa shape index (κ1) is 18.0. The molecule has 120 valence electrons. The van der Waals surface area contributed by atoms with Gasteiger partial charge in [0.1, 0.15) is 0 Å². The zero-order valence-corrected chi connectivity index (χ0v) is 12.5. The van der Waals surface area contributed by atoms with Gasteiger partial charge in [0.05, 0.1) is 0 Å². The third-order valence-electron chi connectivity index (χ3n) is 2.73. The molecular weight excluding hydrogens is 315 g/mol. The normalized spacial score (nSPS) is 12.0. The average Bonchev–Trinajstić information content (AvgIpc) is 2.43. The van der Waals surface area contributed by atoms with Crippen LogP contribution in [0.25, 0.3) is 0 Å². The van der Waals surface area contributed by atoms with Gasteiger partial charge in [-0.1, -0.05) is 0 Å². The van der Waals surface area contributed by atoms with E-state index in [1.807, 2.05) is 0 Å². The van der Waals surface area contributed by atoms with Gasteiger partial charge in [-0.2, -0.15) is 0 Å². The van der Waals surface area contributed by atoms with Crippen molar-refractivity contribution in [2.24, 2.45) is 0 Å². The van der Waals surface area contributed by atoms with Crippen LogP contribution in [0.1, 0.15) is 19.4 Å². The summed E-state index contributed by atoms with van der Waals surface area (Å²) >= 11 is 0. The van der Waals surface area contributed by atoms with E-state index in [1.165, 1.54) is 0 Å². The lowest BCUT2D eigenvalue weighted by molar-refractivity contribution is 0.108. The van der Waals surface area contributed by atoms with Gasteiger partial charge in [0.25, 0.3) is 0 Å². The summed E-state index contributed by atoms with van der Waals surface area (Å²) in [6.45, 7) is 3.35. The van der Waals surface area contributed by atoms with Crippen molar-refractivity contribution in [1.29, 1.82) is 0 Å². The molecule has 1 rings (SSSR count). The molecule has 0 aromatic heterocycles. The number of hydrogen-bond donors (Lipinski definition) is 1. The largest absolute Gasteiger partial charge is 0.498 e. The number of rotatable bonds is 7. The van der Waals surface area contributed by atoms with Crippen molar-refractivity contribution < 1.29 is 35.6 Å². The molecule has 0 aliphatic rings. The molecule has 0 atom stereocenters. The Morgan fingerprint density at radius 2 is 1.19 bits per heavy atom. The second kappa shape index (κ2) is 7.30. The SMILES string of the molecule is CCO[Si](O)(CCc1c(F)c(F)c(F)c(F)c1F)OCC. The number of benzene rings is 1. The standard InChI is InChI=1S/C12H15F5O3Si/c1-3-19-21(18,20-4-2)6-5-7-8(13)10(15)12(17)11(16)9(7)14/h18H,3-6H2,1-2H3. The Labute approximate surface area is 119 Å². The van der Waals surface area contributed by atoms with Gasteiger partial charge in [-0.3, -0.25) is 0 Å². The summed E-state index contributed by atoms with van der Waals surface area (Å²) in [5.74, 6) is -10.0. The zero-order chi connectivity index (χ0) is 16.2. The molecule has 0 amide bonds. The summed E-state index contributed by atoms with van der Waals surface area (Å²) in [5.41, 5.74) is -0.989. The highest BCUT2D eigenvalue weighted by molar-refractivity contribution is 6.59. The molecule has 3 nitrogen and oxygen atoms in total. The van der Waals surface area contributed by atoms with Crippen LogP contribution < -0.4 is 0 Å². The van der Waals surface area contributed by atoms with E-state index in [1.54, 1.807) is 13.8 Å². The van der Waals surface area contributed by atoms with E-state index in [4.69, 9.17) is 8.85 Å². The highest BCUT2D eigenvalue weighted by atomic mass is 28.4. The van der Waals surface area contributed by atoms with Gasteiger partial charge in [-0.15, -0.1) is 0 Å². The molecule has 21 heavy (non-hydrogen) atoms. The summed E-state index contributed by atoms with van der Waals surface area (Å²) in [5, 5.41) is 0. The van der Waals surface area contributed by atoms with E-state index in [0.717, 1.165) is 0 Å². The molecule has 0 aliphatic carbocycles. The maximum atomic E-state index is 13.5. The van der Waals surface area contributed by atoms with Gasteiger partial charge >= 0.3 is 8.80 Å². The summed E-state index contributed by atoms with van der Waals surface area (Å²) in [7, 11) is -3.70. The van der Waals surface area contributed by atoms with Crippen molar-refractivity contribution in [1.82, 2.24) is 0 Å². The van der Waals surface area contributed by atoms with Crippen molar-refractivity contribution in [3.63, 3.8) is 0 Å². The topological polar surface area (TPSA) is 38.7 Å². The number of hydrogen-bond acceptors (Lipinski definition) is 3. The third kappa shape index (κ3) is 4.00. The summed E-state index contributed by atoms with van der Waals surface area (Å²) in [6, 6.07) is -0.354. The highest BCUT2D eigenvalue weighted by Gasteiger charge is 2.37. The van der Waals surface area contributed by atoms with Gasteiger partial charge in [0.15, 0.2) is 23.3 Å². The van der Waals surface area contributed by atoms with Gasteiger partial charge in [-0.05, 0) is 20.3 Å². The Bertz CT molecular complexity index is 477. The quantitative estimate of drug-likeness (QED) is 0.362. The van der Waals surface area contributed by atoms with E-state index >= 15 is 0 Å². The smallest absolute Gasteiger partial charge is 0.390 e. The van der Waals surface area contributed by atoms with Crippen molar-refractivity contribution in [3.05, 3.63) is 34.6 Å². The van der Waals surface area contributed by atoms with Crippen molar-refractivity contribution in [2.45, 2.75) is 26.3 Å². The molecule has 0 unspecified atom stereocenters. The first-order chi connectivity index (χ1) is 9.77. The molecule has 0 bridgehead atoms. The lowest BCUT2D eigenvalue weighted by Crippen LogP contribution is -2.43. The van der Waals surface area contributed by atoms with Crippen LogP contribution >= 0.6 is 0 Å². The fourth-order valence-electron chi connectivity index (χ4n) is 1.79. The summed E-state index contributed by atoms with van der Waals surface area (Å²) in [6.07, 6.45) is -0.589. The minimum absolute atomic E-state index is 0.0971. The van der Waals surface area contributed by atoms with Crippen molar-refractivity contribution >= 4 is 8.80 Å². The predicted octanol–water partition coefficient (Wildman–Crippen LogP) is 2.93. The van der Waals surface area contributed by atoms with Crippen LogP contribution in [0, 0.1) is 29.1 Å². The lowest BCUT2D eigenvalue weighted by Gasteiger charge is -2.23. The fraction of sp³-hybridized carbons (Fsp3) is 0.500. The van der Waals surface area contributed by atoms with E-state index in [-0.39, 0.29) is 19.3 Å². The Kier molecular flexibility index (Phi) is 6.26. The lowest BCUT2D eigenvalue weighted by atomic mass is 10.1. The second-order valence-corrected chi connectivity index (χ2v) is 6.63. The summed E-state index contributed by atoms with van der Waals surface area (Å²) < 4.78 is 76.0. The van der Waals surface area contributed by atoms with Crippen LogP contribution in [0.3, 0.4) is 0 Å². The molecule has 1 aromatic rings. The Morgan fingerprint density at radius 1 is 0.810 bits per heavy atom. The van der Waals surface area contributed by atoms with Gasteiger partial charge in [-0.25, -0.2) is 22.0 Å². The average molecular weight is 330 g/mol. The zero-order valence-electron chi connectivity index (χ0n) is 11.5. The monoisotopic (exact) mass is 330 g/mol. The maximum absolute atomic E-state index is 13.5. The fourth-order valence-corrected chi connectivity index (χ4v) is 3.63. The maximum Gasteiger partial charge on any atom is 0.498 e. The summed E-state index contributed by atoms with van der Waals surface area (Å²) in [4.78, 5) is 10.0. The molecule has 0 saturated carbocycles. The van der Waals surface area contributed by atoms with E-state index in [0.29, 0.717) is 0 Å². The Morgan fingerprint density at radius 3 is 1.57 bits per heavy atom. The van der Waals surface area contributed by atoms with E-state index < -0.39 is 49.9 Å². The first-order valence-electron chi connectivity index (χ1n) is 6.28. The van der Waals surface area contributed by atoms with Crippen LogP contribution in [0.5, 0.6) is 0 Å². The highest BCUT2D eigenvalue weighted by Crippen LogP contribution is 2.25. The Balaban J connectivity index is 3.03. The minimum atomic E-state index is -3.70. The van der Waals surface area contributed by atoms with Crippen LogP contribution in [-0.2, 0) is 15.3 Å². The minimum Gasteiger partial charge on any atom is -0.390 e. The van der Waals surface area contributed by atoms with E-state index in [2.05, 4.69) is 0 Å². The first-order valence-corrected chi connectivity index (χ1v) is 8.25. The van der Waals surface area contributed by atoms with Crippen LogP contribution in [-0.4, -0.2) is 26.8 Å². The van der Waals surface area contributed by atoms with Crippen molar-refractivity contribution in [2.75, 3.05) is 13.2 Å². The molecule has 0 fully saturated rings. The second-order valence-electron chi connectivity index (χ2n) is 4.13.